The van der Waals surface area contributed by atoms with Crippen molar-refractivity contribution in [2.75, 3.05) is 0 Å². The second kappa shape index (κ2) is 2.54. The number of rotatable bonds is 2. The number of hydrogen-bond donors (Lipinski definition) is 0. The van der Waals surface area contributed by atoms with Crippen LogP contribution in [-0.2, 0) is 0 Å². The summed E-state index contributed by atoms with van der Waals surface area (Å²) in [6, 6.07) is 10.7. The van der Waals surface area contributed by atoms with E-state index in [0.29, 0.717) is 0 Å². The maximum Gasteiger partial charge on any atom is -0.00931 e. The molecule has 0 spiro atoms. The third-order valence-corrected chi connectivity index (χ3v) is 2.37. The fourth-order valence-electron chi connectivity index (χ4n) is 1.56. The Labute approximate surface area is 67.6 Å². The van der Waals surface area contributed by atoms with Crippen molar-refractivity contribution in [2.24, 2.45) is 5.92 Å². The van der Waals surface area contributed by atoms with E-state index >= 15 is 0 Å². The minimum Gasteiger partial charge on any atom is -0.103 e. The summed E-state index contributed by atoms with van der Waals surface area (Å²) in [5, 5.41) is 0. The third kappa shape index (κ3) is 1.21. The van der Waals surface area contributed by atoms with Crippen LogP contribution < -0.4 is 0 Å². The Morgan fingerprint density at radius 3 is 2.55 bits per heavy atom. The van der Waals surface area contributed by atoms with E-state index in [0.717, 1.165) is 11.8 Å². The van der Waals surface area contributed by atoms with Crippen molar-refractivity contribution in [3.05, 3.63) is 48.6 Å². The summed E-state index contributed by atoms with van der Waals surface area (Å²) >= 11 is 0. The average Bonchev–Trinajstić information content (AvgIpc) is 2.85. The summed E-state index contributed by atoms with van der Waals surface area (Å²) in [6.07, 6.45) is 3.37. The molecule has 56 valence electrons. The molecule has 0 radical (unpaired) electrons. The van der Waals surface area contributed by atoms with Crippen LogP contribution in [0, 0.1) is 5.92 Å². The van der Waals surface area contributed by atoms with E-state index in [1.54, 1.807) is 0 Å². The van der Waals surface area contributed by atoms with Gasteiger partial charge in [-0.1, -0.05) is 36.4 Å². The average molecular weight is 144 g/mol. The Morgan fingerprint density at radius 2 is 2.00 bits per heavy atom. The zero-order valence-corrected chi connectivity index (χ0v) is 6.53. The van der Waals surface area contributed by atoms with Gasteiger partial charge in [0.25, 0.3) is 0 Å². The van der Waals surface area contributed by atoms with E-state index in [-0.39, 0.29) is 0 Å². The second-order valence-electron chi connectivity index (χ2n) is 3.15. The van der Waals surface area contributed by atoms with Crippen molar-refractivity contribution in [1.29, 1.82) is 0 Å². The van der Waals surface area contributed by atoms with Crippen LogP contribution in [0.3, 0.4) is 0 Å². The lowest BCUT2D eigenvalue weighted by Gasteiger charge is -1.95. The third-order valence-electron chi connectivity index (χ3n) is 2.37. The first-order valence-corrected chi connectivity index (χ1v) is 4.09. The van der Waals surface area contributed by atoms with E-state index in [2.05, 4.69) is 43.0 Å². The van der Waals surface area contributed by atoms with Crippen molar-refractivity contribution in [2.45, 2.75) is 12.3 Å². The minimum atomic E-state index is 0.748. The number of allylic oxidation sites excluding steroid dienone is 1. The van der Waals surface area contributed by atoms with Gasteiger partial charge in [-0.3, -0.25) is 0 Å². The van der Waals surface area contributed by atoms with Crippen LogP contribution in [0.4, 0.5) is 0 Å². The number of benzene rings is 1. The van der Waals surface area contributed by atoms with E-state index in [1.807, 2.05) is 0 Å². The molecule has 1 fully saturated rings. The predicted molar refractivity (Wildman–Crippen MR) is 47.5 cm³/mol. The minimum absolute atomic E-state index is 0.748. The molecular formula is C11H12. The smallest absolute Gasteiger partial charge is 0.00931 e. The summed E-state index contributed by atoms with van der Waals surface area (Å²) in [7, 11) is 0. The van der Waals surface area contributed by atoms with E-state index in [9.17, 15) is 0 Å². The molecule has 0 bridgehead atoms. The normalized spacial score (nSPS) is 28.0. The summed E-state index contributed by atoms with van der Waals surface area (Å²) in [5.74, 6) is 1.52. The van der Waals surface area contributed by atoms with Crippen molar-refractivity contribution in [1.82, 2.24) is 0 Å². The largest absolute Gasteiger partial charge is 0.103 e. The summed E-state index contributed by atoms with van der Waals surface area (Å²) in [6.45, 7) is 3.80. The summed E-state index contributed by atoms with van der Waals surface area (Å²) in [5.41, 5.74) is 1.47. The molecule has 2 atom stereocenters. The molecule has 1 aromatic carbocycles. The van der Waals surface area contributed by atoms with Crippen LogP contribution in [0.25, 0.3) is 0 Å². The maximum atomic E-state index is 3.80. The van der Waals surface area contributed by atoms with Crippen LogP contribution in [-0.4, -0.2) is 0 Å². The fourth-order valence-corrected chi connectivity index (χ4v) is 1.56. The van der Waals surface area contributed by atoms with Crippen molar-refractivity contribution in [3.63, 3.8) is 0 Å². The molecule has 11 heavy (non-hydrogen) atoms. The molecule has 1 aliphatic rings. The van der Waals surface area contributed by atoms with Crippen LogP contribution in [0.1, 0.15) is 17.9 Å². The Balaban J connectivity index is 2.14. The van der Waals surface area contributed by atoms with Gasteiger partial charge in [0.05, 0.1) is 0 Å². The highest BCUT2D eigenvalue weighted by Crippen LogP contribution is 2.47. The highest BCUT2D eigenvalue weighted by molar-refractivity contribution is 5.27. The molecular weight excluding hydrogens is 132 g/mol. The van der Waals surface area contributed by atoms with E-state index in [4.69, 9.17) is 0 Å². The van der Waals surface area contributed by atoms with Gasteiger partial charge in [-0.25, -0.2) is 0 Å². The van der Waals surface area contributed by atoms with Gasteiger partial charge in [-0.2, -0.15) is 0 Å². The first-order chi connectivity index (χ1) is 5.42. The van der Waals surface area contributed by atoms with Gasteiger partial charge in [0, 0.05) is 0 Å². The molecule has 0 nitrogen and oxygen atoms in total. The molecule has 0 heteroatoms. The molecule has 2 rings (SSSR count). The monoisotopic (exact) mass is 144 g/mol. The van der Waals surface area contributed by atoms with Gasteiger partial charge >= 0.3 is 0 Å². The Morgan fingerprint density at radius 1 is 1.27 bits per heavy atom. The lowest BCUT2D eigenvalue weighted by Crippen LogP contribution is -1.78. The van der Waals surface area contributed by atoms with Crippen LogP contribution in [0.15, 0.2) is 43.0 Å². The van der Waals surface area contributed by atoms with E-state index in [1.165, 1.54) is 12.0 Å². The molecule has 0 unspecified atom stereocenters. The molecule has 0 aromatic heterocycles. The topological polar surface area (TPSA) is 0 Å². The Kier molecular flexibility index (Phi) is 1.54. The lowest BCUT2D eigenvalue weighted by molar-refractivity contribution is 1.01. The highest BCUT2D eigenvalue weighted by Gasteiger charge is 2.35. The first-order valence-electron chi connectivity index (χ1n) is 4.09. The van der Waals surface area contributed by atoms with Gasteiger partial charge in [0.1, 0.15) is 0 Å². The molecule has 0 N–H and O–H groups in total. The molecule has 0 saturated heterocycles. The van der Waals surface area contributed by atoms with Gasteiger partial charge < -0.3 is 0 Å². The Bertz CT molecular complexity index is 248. The van der Waals surface area contributed by atoms with E-state index < -0.39 is 0 Å². The summed E-state index contributed by atoms with van der Waals surface area (Å²) in [4.78, 5) is 0. The van der Waals surface area contributed by atoms with Crippen LogP contribution in [0.5, 0.6) is 0 Å². The second-order valence-corrected chi connectivity index (χ2v) is 3.15. The zero-order valence-electron chi connectivity index (χ0n) is 6.53. The van der Waals surface area contributed by atoms with Gasteiger partial charge in [-0.05, 0) is 23.8 Å². The lowest BCUT2D eigenvalue weighted by atomic mass is 10.1. The molecule has 1 aliphatic carbocycles. The van der Waals surface area contributed by atoms with Gasteiger partial charge in [0.15, 0.2) is 0 Å². The molecule has 1 aromatic rings. The number of hydrogen-bond acceptors (Lipinski definition) is 0. The maximum absolute atomic E-state index is 3.80. The van der Waals surface area contributed by atoms with Crippen molar-refractivity contribution < 1.29 is 0 Å². The quantitative estimate of drug-likeness (QED) is 0.560. The highest BCUT2D eigenvalue weighted by atomic mass is 14.4. The first kappa shape index (κ1) is 6.66. The van der Waals surface area contributed by atoms with Crippen molar-refractivity contribution >= 4 is 0 Å². The molecule has 0 aliphatic heterocycles. The molecule has 0 heterocycles. The van der Waals surface area contributed by atoms with Crippen LogP contribution >= 0.6 is 0 Å². The SMILES string of the molecule is C=C[C@H]1C[C@@H]1c1ccccc1. The summed E-state index contributed by atoms with van der Waals surface area (Å²) < 4.78 is 0. The molecule has 1 saturated carbocycles. The van der Waals surface area contributed by atoms with Crippen LogP contribution in [0.2, 0.25) is 0 Å². The predicted octanol–water partition coefficient (Wildman–Crippen LogP) is 2.98. The van der Waals surface area contributed by atoms with Gasteiger partial charge in [0.2, 0.25) is 0 Å². The fraction of sp³-hybridized carbons (Fsp3) is 0.273. The van der Waals surface area contributed by atoms with Gasteiger partial charge in [-0.15, -0.1) is 6.58 Å². The van der Waals surface area contributed by atoms with Crippen molar-refractivity contribution in [3.8, 4) is 0 Å². The molecule has 0 amide bonds. The standard InChI is InChI=1S/C11H12/c1-2-9-8-11(9)10-6-4-3-5-7-10/h2-7,9,11H,1,8H2/t9-,11-/m0/s1. The zero-order chi connectivity index (χ0) is 7.68. The Hall–Kier alpha value is -1.04.